The van der Waals surface area contributed by atoms with Crippen LogP contribution in [0.4, 0.5) is 0 Å². The summed E-state index contributed by atoms with van der Waals surface area (Å²) in [6, 6.07) is 0. The van der Waals surface area contributed by atoms with Gasteiger partial charge >= 0.3 is 0 Å². The molecule has 4 fully saturated rings. The van der Waals surface area contributed by atoms with E-state index in [2.05, 4.69) is 16.7 Å². The predicted molar refractivity (Wildman–Crippen MR) is 75.5 cm³/mol. The van der Waals surface area contributed by atoms with Crippen molar-refractivity contribution in [2.24, 2.45) is 17.6 Å². The molecule has 4 saturated heterocycles. The van der Waals surface area contributed by atoms with Crippen molar-refractivity contribution in [2.75, 3.05) is 39.3 Å². The van der Waals surface area contributed by atoms with E-state index in [4.69, 9.17) is 5.73 Å². The molecule has 104 valence electrons. The van der Waals surface area contributed by atoms with Crippen LogP contribution in [0.15, 0.2) is 0 Å². The van der Waals surface area contributed by atoms with E-state index in [-0.39, 0.29) is 0 Å². The smallest absolute Gasteiger partial charge is 0.0487 e. The molecule has 3 nitrogen and oxygen atoms in total. The van der Waals surface area contributed by atoms with Crippen LogP contribution in [0.5, 0.6) is 0 Å². The third-order valence-electron chi connectivity index (χ3n) is 5.84. The fraction of sp³-hybridized carbons (Fsp3) is 1.00. The molecule has 4 heterocycles. The average Bonchev–Trinajstić information content (AvgIpc) is 2.65. The van der Waals surface area contributed by atoms with Gasteiger partial charge in [0, 0.05) is 18.6 Å². The van der Waals surface area contributed by atoms with E-state index in [1.807, 2.05) is 0 Å². The topological polar surface area (TPSA) is 32.5 Å². The van der Waals surface area contributed by atoms with E-state index >= 15 is 0 Å². The maximum atomic E-state index is 6.27. The van der Waals surface area contributed by atoms with E-state index in [1.165, 1.54) is 64.8 Å². The average molecular weight is 251 g/mol. The first kappa shape index (κ1) is 12.9. The highest BCUT2D eigenvalue weighted by Crippen LogP contribution is 2.40. The number of rotatable bonds is 2. The van der Waals surface area contributed by atoms with Crippen molar-refractivity contribution in [2.45, 2.75) is 44.6 Å². The normalized spacial score (nSPS) is 46.0. The van der Waals surface area contributed by atoms with Crippen LogP contribution < -0.4 is 5.73 Å². The van der Waals surface area contributed by atoms with Gasteiger partial charge in [0.1, 0.15) is 0 Å². The second-order valence-electron chi connectivity index (χ2n) is 6.88. The Morgan fingerprint density at radius 2 is 1.83 bits per heavy atom. The lowest BCUT2D eigenvalue weighted by Crippen LogP contribution is -2.70. The van der Waals surface area contributed by atoms with Crippen LogP contribution in [0.3, 0.4) is 0 Å². The number of hydrogen-bond acceptors (Lipinski definition) is 3. The highest BCUT2D eigenvalue weighted by Gasteiger charge is 2.49. The molecule has 4 aliphatic rings. The van der Waals surface area contributed by atoms with Crippen molar-refractivity contribution >= 4 is 0 Å². The second-order valence-corrected chi connectivity index (χ2v) is 6.88. The fourth-order valence-corrected chi connectivity index (χ4v) is 4.57. The first-order valence-corrected chi connectivity index (χ1v) is 7.92. The highest BCUT2D eigenvalue weighted by atomic mass is 15.3. The lowest BCUT2D eigenvalue weighted by Gasteiger charge is -2.57. The molecule has 0 spiro atoms. The summed E-state index contributed by atoms with van der Waals surface area (Å²) in [7, 11) is 0. The van der Waals surface area contributed by atoms with Crippen LogP contribution >= 0.6 is 0 Å². The molecule has 0 aromatic carbocycles. The molecule has 0 amide bonds. The molecule has 0 saturated carbocycles. The number of piperidine rings is 3. The molecule has 2 N–H and O–H groups in total. The minimum Gasteiger partial charge on any atom is -0.329 e. The standard InChI is InChI=1S/C15H29N3/c1-13-3-2-7-18(10-4-13)15(11-16)12-17-8-5-14(15)6-9-17/h13-14H,2-12,16H2,1H3. The molecule has 0 radical (unpaired) electrons. The Morgan fingerprint density at radius 3 is 2.44 bits per heavy atom. The molecule has 2 bridgehead atoms. The van der Waals surface area contributed by atoms with Crippen molar-refractivity contribution in [3.63, 3.8) is 0 Å². The van der Waals surface area contributed by atoms with Crippen molar-refractivity contribution in [1.29, 1.82) is 0 Å². The molecule has 4 aliphatic heterocycles. The highest BCUT2D eigenvalue weighted by molar-refractivity contribution is 5.06. The molecule has 0 aromatic heterocycles. The Kier molecular flexibility index (Phi) is 3.65. The van der Waals surface area contributed by atoms with Gasteiger partial charge in [-0.15, -0.1) is 0 Å². The first-order chi connectivity index (χ1) is 8.74. The summed E-state index contributed by atoms with van der Waals surface area (Å²) in [6.45, 7) is 9.71. The fourth-order valence-electron chi connectivity index (χ4n) is 4.57. The number of nitrogens with two attached hydrogens (primary N) is 1. The van der Waals surface area contributed by atoms with Gasteiger partial charge in [0.05, 0.1) is 0 Å². The summed E-state index contributed by atoms with van der Waals surface area (Å²) in [5, 5.41) is 0. The van der Waals surface area contributed by atoms with Gasteiger partial charge in [0.2, 0.25) is 0 Å². The number of nitrogens with zero attached hydrogens (tertiary/aromatic N) is 2. The van der Waals surface area contributed by atoms with Crippen molar-refractivity contribution < 1.29 is 0 Å². The third-order valence-corrected chi connectivity index (χ3v) is 5.84. The molecule has 0 aliphatic carbocycles. The van der Waals surface area contributed by atoms with Gasteiger partial charge < -0.3 is 10.6 Å². The summed E-state index contributed by atoms with van der Waals surface area (Å²) in [5.41, 5.74) is 6.59. The zero-order valence-corrected chi connectivity index (χ0v) is 11.9. The maximum absolute atomic E-state index is 6.27. The Labute approximate surface area is 112 Å². The first-order valence-electron chi connectivity index (χ1n) is 7.92. The predicted octanol–water partition coefficient (Wildman–Crippen LogP) is 1.53. The van der Waals surface area contributed by atoms with E-state index in [0.29, 0.717) is 5.54 Å². The van der Waals surface area contributed by atoms with Crippen molar-refractivity contribution in [3.8, 4) is 0 Å². The maximum Gasteiger partial charge on any atom is 0.0487 e. The number of hydrogen-bond donors (Lipinski definition) is 1. The van der Waals surface area contributed by atoms with Crippen LogP contribution in [0, 0.1) is 11.8 Å². The summed E-state index contributed by atoms with van der Waals surface area (Å²) >= 11 is 0. The van der Waals surface area contributed by atoms with E-state index < -0.39 is 0 Å². The van der Waals surface area contributed by atoms with Gasteiger partial charge in [0.25, 0.3) is 0 Å². The Balaban J connectivity index is 1.78. The van der Waals surface area contributed by atoms with Crippen LogP contribution in [0.1, 0.15) is 39.0 Å². The summed E-state index contributed by atoms with van der Waals surface area (Å²) in [4.78, 5) is 5.44. The van der Waals surface area contributed by atoms with Crippen molar-refractivity contribution in [1.82, 2.24) is 9.80 Å². The lowest BCUT2D eigenvalue weighted by atomic mass is 9.71. The van der Waals surface area contributed by atoms with Crippen LogP contribution in [0.25, 0.3) is 0 Å². The lowest BCUT2D eigenvalue weighted by molar-refractivity contribution is -0.0662. The minimum atomic E-state index is 0.320. The zero-order chi connectivity index (χ0) is 12.6. The molecule has 2 unspecified atom stereocenters. The molecular weight excluding hydrogens is 222 g/mol. The molecule has 3 heteroatoms. The van der Waals surface area contributed by atoms with Gasteiger partial charge in [0.15, 0.2) is 0 Å². The van der Waals surface area contributed by atoms with Crippen LogP contribution in [-0.4, -0.2) is 54.6 Å². The summed E-state index contributed by atoms with van der Waals surface area (Å²) in [6.07, 6.45) is 6.90. The van der Waals surface area contributed by atoms with Gasteiger partial charge in [-0.05, 0) is 70.1 Å². The Morgan fingerprint density at radius 1 is 1.06 bits per heavy atom. The Bertz CT molecular complexity index is 285. The molecule has 4 rings (SSSR count). The van der Waals surface area contributed by atoms with Gasteiger partial charge in [-0.1, -0.05) is 6.92 Å². The minimum absolute atomic E-state index is 0.320. The molecule has 18 heavy (non-hydrogen) atoms. The number of fused-ring (bicyclic) bond motifs is 3. The largest absolute Gasteiger partial charge is 0.329 e. The van der Waals surface area contributed by atoms with E-state index in [0.717, 1.165) is 18.4 Å². The van der Waals surface area contributed by atoms with Gasteiger partial charge in [-0.2, -0.15) is 0 Å². The van der Waals surface area contributed by atoms with E-state index in [9.17, 15) is 0 Å². The zero-order valence-electron chi connectivity index (χ0n) is 11.9. The third kappa shape index (κ3) is 2.10. The van der Waals surface area contributed by atoms with Crippen LogP contribution in [0.2, 0.25) is 0 Å². The quantitative estimate of drug-likeness (QED) is 0.808. The molecule has 2 atom stereocenters. The van der Waals surface area contributed by atoms with Gasteiger partial charge in [-0.3, -0.25) is 4.90 Å². The summed E-state index contributed by atoms with van der Waals surface area (Å²) in [5.74, 6) is 1.77. The number of likely N-dealkylation sites (tertiary alicyclic amines) is 1. The second kappa shape index (κ2) is 5.10. The van der Waals surface area contributed by atoms with Crippen LogP contribution in [-0.2, 0) is 0 Å². The van der Waals surface area contributed by atoms with Gasteiger partial charge in [-0.25, -0.2) is 0 Å². The Hall–Kier alpha value is -0.120. The van der Waals surface area contributed by atoms with E-state index in [1.54, 1.807) is 0 Å². The summed E-state index contributed by atoms with van der Waals surface area (Å²) < 4.78 is 0. The molecular formula is C15H29N3. The SMILES string of the molecule is CC1CCCN(C2(CN)CN3CCC2CC3)CC1. The monoisotopic (exact) mass is 251 g/mol. The van der Waals surface area contributed by atoms with Crippen molar-refractivity contribution in [3.05, 3.63) is 0 Å². The molecule has 0 aromatic rings.